The third-order valence-electron chi connectivity index (χ3n) is 2.38. The van der Waals surface area contributed by atoms with Crippen LogP contribution in [-0.2, 0) is 0 Å². The number of ether oxygens (including phenoxy) is 1. The monoisotopic (exact) mass is 232 g/mol. The molecule has 0 radical (unpaired) electrons. The molecule has 0 fully saturated rings. The first-order chi connectivity index (χ1) is 8.11. The summed E-state index contributed by atoms with van der Waals surface area (Å²) in [5.41, 5.74) is 1.81. The number of methoxy groups -OCH3 is 1. The molecule has 2 rings (SSSR count). The van der Waals surface area contributed by atoms with Crippen LogP contribution in [0.25, 0.3) is 5.69 Å². The molecular formula is C12H12N2O3. The number of benzene rings is 1. The van der Waals surface area contributed by atoms with Crippen LogP contribution in [0.4, 0.5) is 0 Å². The number of rotatable bonds is 3. The zero-order valence-corrected chi connectivity index (χ0v) is 9.54. The number of hydrogen-bond acceptors (Lipinski definition) is 3. The zero-order valence-electron chi connectivity index (χ0n) is 9.54. The van der Waals surface area contributed by atoms with Gasteiger partial charge in [-0.15, -0.1) is 0 Å². The van der Waals surface area contributed by atoms with Crippen molar-refractivity contribution in [1.29, 1.82) is 0 Å². The molecule has 0 saturated carbocycles. The van der Waals surface area contributed by atoms with E-state index in [1.165, 1.54) is 19.2 Å². The molecule has 5 heteroatoms. The van der Waals surface area contributed by atoms with Crippen LogP contribution in [0.15, 0.2) is 30.6 Å². The van der Waals surface area contributed by atoms with E-state index in [4.69, 9.17) is 9.84 Å². The van der Waals surface area contributed by atoms with Crippen molar-refractivity contribution in [3.05, 3.63) is 41.7 Å². The van der Waals surface area contributed by atoms with Crippen LogP contribution in [0.3, 0.4) is 0 Å². The molecule has 88 valence electrons. The largest absolute Gasteiger partial charge is 0.494 e. The zero-order chi connectivity index (χ0) is 12.4. The van der Waals surface area contributed by atoms with E-state index in [0.29, 0.717) is 11.4 Å². The molecule has 0 aliphatic carbocycles. The van der Waals surface area contributed by atoms with Crippen LogP contribution in [-0.4, -0.2) is 28.0 Å². The molecule has 1 aromatic heterocycles. The fourth-order valence-electron chi connectivity index (χ4n) is 1.55. The van der Waals surface area contributed by atoms with Gasteiger partial charge in [0.15, 0.2) is 0 Å². The lowest BCUT2D eigenvalue weighted by Gasteiger charge is -2.09. The number of nitrogens with zero attached hydrogens (tertiary/aromatic N) is 2. The van der Waals surface area contributed by atoms with E-state index < -0.39 is 5.97 Å². The van der Waals surface area contributed by atoms with E-state index in [2.05, 4.69) is 5.10 Å². The van der Waals surface area contributed by atoms with Gasteiger partial charge in [-0.2, -0.15) is 5.10 Å². The second kappa shape index (κ2) is 4.29. The Balaban J connectivity index is 2.57. The Labute approximate surface area is 98.3 Å². The maximum absolute atomic E-state index is 10.9. The van der Waals surface area contributed by atoms with Crippen LogP contribution in [0.2, 0.25) is 0 Å². The third-order valence-corrected chi connectivity index (χ3v) is 2.38. The van der Waals surface area contributed by atoms with Crippen molar-refractivity contribution < 1.29 is 14.6 Å². The molecule has 17 heavy (non-hydrogen) atoms. The van der Waals surface area contributed by atoms with Crippen molar-refractivity contribution in [3.8, 4) is 11.4 Å². The van der Waals surface area contributed by atoms with Gasteiger partial charge in [-0.1, -0.05) is 0 Å². The highest BCUT2D eigenvalue weighted by molar-refractivity contribution is 5.88. The summed E-state index contributed by atoms with van der Waals surface area (Å²) in [4.78, 5) is 10.9. The van der Waals surface area contributed by atoms with Crippen molar-refractivity contribution in [2.45, 2.75) is 6.92 Å². The highest BCUT2D eigenvalue weighted by atomic mass is 16.5. The van der Waals surface area contributed by atoms with E-state index in [1.807, 2.05) is 13.1 Å². The molecule has 0 saturated heterocycles. The van der Waals surface area contributed by atoms with Crippen LogP contribution in [0, 0.1) is 6.92 Å². The molecule has 0 spiro atoms. The third kappa shape index (κ3) is 2.13. The Morgan fingerprint density at radius 2 is 2.24 bits per heavy atom. The van der Waals surface area contributed by atoms with Crippen LogP contribution in [0.5, 0.6) is 5.75 Å². The van der Waals surface area contributed by atoms with Crippen molar-refractivity contribution >= 4 is 5.97 Å². The molecule has 1 heterocycles. The Kier molecular flexibility index (Phi) is 2.82. The van der Waals surface area contributed by atoms with Crippen molar-refractivity contribution in [2.75, 3.05) is 7.11 Å². The van der Waals surface area contributed by atoms with Crippen LogP contribution < -0.4 is 4.74 Å². The fraction of sp³-hybridized carbons (Fsp3) is 0.167. The molecular weight excluding hydrogens is 220 g/mol. The molecule has 0 atom stereocenters. The highest BCUT2D eigenvalue weighted by Gasteiger charge is 2.11. The molecule has 5 nitrogen and oxygen atoms in total. The van der Waals surface area contributed by atoms with E-state index in [-0.39, 0.29) is 5.56 Å². The van der Waals surface area contributed by atoms with Gasteiger partial charge in [0.2, 0.25) is 0 Å². The normalized spacial score (nSPS) is 10.2. The Hall–Kier alpha value is -2.30. The maximum Gasteiger partial charge on any atom is 0.335 e. The summed E-state index contributed by atoms with van der Waals surface area (Å²) >= 11 is 0. The van der Waals surface area contributed by atoms with Crippen LogP contribution in [0.1, 0.15) is 15.9 Å². The van der Waals surface area contributed by atoms with Gasteiger partial charge in [-0.05, 0) is 30.7 Å². The van der Waals surface area contributed by atoms with Gasteiger partial charge < -0.3 is 9.84 Å². The summed E-state index contributed by atoms with van der Waals surface area (Å²) in [6, 6.07) is 4.66. The van der Waals surface area contributed by atoms with E-state index >= 15 is 0 Å². The lowest BCUT2D eigenvalue weighted by molar-refractivity contribution is 0.0697. The average molecular weight is 232 g/mol. The molecule has 1 N–H and O–H groups in total. The van der Waals surface area contributed by atoms with E-state index in [0.717, 1.165) is 5.56 Å². The van der Waals surface area contributed by atoms with Crippen LogP contribution >= 0.6 is 0 Å². The first-order valence-electron chi connectivity index (χ1n) is 5.05. The fourth-order valence-corrected chi connectivity index (χ4v) is 1.55. The second-order valence-corrected chi connectivity index (χ2v) is 3.65. The van der Waals surface area contributed by atoms with Gasteiger partial charge in [0.25, 0.3) is 0 Å². The minimum Gasteiger partial charge on any atom is -0.494 e. The molecule has 2 aromatic rings. The summed E-state index contributed by atoms with van der Waals surface area (Å²) in [6.07, 6.45) is 3.51. The first kappa shape index (κ1) is 11.2. The number of hydrogen-bond donors (Lipinski definition) is 1. The maximum atomic E-state index is 10.9. The number of aryl methyl sites for hydroxylation is 1. The lowest BCUT2D eigenvalue weighted by atomic mass is 10.2. The number of aromatic carboxylic acids is 1. The summed E-state index contributed by atoms with van der Waals surface area (Å²) in [7, 11) is 1.54. The second-order valence-electron chi connectivity index (χ2n) is 3.65. The first-order valence-corrected chi connectivity index (χ1v) is 5.05. The van der Waals surface area contributed by atoms with Gasteiger partial charge in [0.1, 0.15) is 11.4 Å². The van der Waals surface area contributed by atoms with E-state index in [1.54, 1.807) is 16.9 Å². The van der Waals surface area contributed by atoms with Crippen molar-refractivity contribution in [3.63, 3.8) is 0 Å². The number of carboxylic acids is 1. The Bertz CT molecular complexity index is 561. The van der Waals surface area contributed by atoms with Gasteiger partial charge in [-0.25, -0.2) is 9.48 Å². The van der Waals surface area contributed by atoms with Crippen molar-refractivity contribution in [1.82, 2.24) is 9.78 Å². The summed E-state index contributed by atoms with van der Waals surface area (Å²) in [5, 5.41) is 13.1. The minimum atomic E-state index is -0.974. The highest BCUT2D eigenvalue weighted by Crippen LogP contribution is 2.23. The molecule has 0 aliphatic heterocycles. The molecule has 0 aliphatic rings. The standard InChI is InChI=1S/C12H12N2O3/c1-8-6-13-14(7-8)10-5-9(12(15)16)3-4-11(10)17-2/h3-7H,1-2H3,(H,15,16). The number of carbonyl (C=O) groups is 1. The number of carboxylic acid groups (broad SMARTS) is 1. The molecule has 0 amide bonds. The Morgan fingerprint density at radius 1 is 1.47 bits per heavy atom. The Morgan fingerprint density at radius 3 is 2.76 bits per heavy atom. The predicted octanol–water partition coefficient (Wildman–Crippen LogP) is 1.89. The average Bonchev–Trinajstić information content (AvgIpc) is 2.74. The molecule has 0 unspecified atom stereocenters. The van der Waals surface area contributed by atoms with Crippen molar-refractivity contribution in [2.24, 2.45) is 0 Å². The SMILES string of the molecule is COc1ccc(C(=O)O)cc1-n1cc(C)cn1. The minimum absolute atomic E-state index is 0.203. The predicted molar refractivity (Wildman–Crippen MR) is 61.8 cm³/mol. The quantitative estimate of drug-likeness (QED) is 0.877. The molecule has 0 bridgehead atoms. The lowest BCUT2D eigenvalue weighted by Crippen LogP contribution is -2.02. The van der Waals surface area contributed by atoms with Gasteiger partial charge in [-0.3, -0.25) is 0 Å². The summed E-state index contributed by atoms with van der Waals surface area (Å²) < 4.78 is 6.79. The van der Waals surface area contributed by atoms with Gasteiger partial charge in [0, 0.05) is 6.20 Å². The molecule has 1 aromatic carbocycles. The smallest absolute Gasteiger partial charge is 0.335 e. The summed E-state index contributed by atoms with van der Waals surface area (Å²) in [5.74, 6) is -0.393. The number of aromatic nitrogens is 2. The van der Waals surface area contributed by atoms with Gasteiger partial charge >= 0.3 is 5.97 Å². The topological polar surface area (TPSA) is 64.3 Å². The van der Waals surface area contributed by atoms with E-state index in [9.17, 15) is 4.79 Å². The summed E-state index contributed by atoms with van der Waals surface area (Å²) in [6.45, 7) is 1.91. The van der Waals surface area contributed by atoms with Gasteiger partial charge in [0.05, 0.1) is 18.9 Å².